The van der Waals surface area contributed by atoms with E-state index >= 15 is 0 Å². The van der Waals surface area contributed by atoms with E-state index in [1.807, 2.05) is 17.0 Å². The van der Waals surface area contributed by atoms with Gasteiger partial charge >= 0.3 is 0 Å². The van der Waals surface area contributed by atoms with Crippen LogP contribution in [0.2, 0.25) is 5.21 Å². The molecule has 0 saturated heterocycles. The number of fused-ring (bicyclic) bond motifs is 2. The zero-order valence-electron chi connectivity index (χ0n) is 19.1. The van der Waals surface area contributed by atoms with E-state index in [1.54, 1.807) is 6.20 Å². The van der Waals surface area contributed by atoms with E-state index in [0.717, 1.165) is 30.5 Å². The standard InChI is InChI=1S/C21H19B8N5/c22-13-14(23)16(25)19-18(15(13)24)32-12(33-19)9-34(21(28,29)20(26,27)6-7-30)11-5-1-3-10-4-2-8-31-17(10)11/h2,4,8,11H,1,3,5-7,9,30H2,(H,32,33)/t11-/m0/s1. The molecule has 0 aliphatic heterocycles. The molecule has 0 bridgehead atoms. The first kappa shape index (κ1) is 25.4. The molecular weight excluding hydrogens is 409 g/mol. The molecule has 1 aliphatic carbocycles. The van der Waals surface area contributed by atoms with Crippen LogP contribution >= 0.6 is 0 Å². The normalized spacial score (nSPS) is 16.7. The lowest BCUT2D eigenvalue weighted by Gasteiger charge is -2.55. The topological polar surface area (TPSA) is 70.8 Å². The van der Waals surface area contributed by atoms with Gasteiger partial charge in [-0.1, -0.05) is 34.0 Å². The highest BCUT2D eigenvalue weighted by atomic mass is 15.2. The average molecular weight is 428 g/mol. The number of aromatic amines is 1. The number of H-pyrrole nitrogens is 1. The van der Waals surface area contributed by atoms with Crippen LogP contribution in [0.4, 0.5) is 0 Å². The number of rotatable bonds is 7. The van der Waals surface area contributed by atoms with Gasteiger partial charge in [0.25, 0.3) is 0 Å². The number of benzene rings is 1. The minimum Gasteiger partial charge on any atom is -0.341 e. The van der Waals surface area contributed by atoms with Gasteiger partial charge in [-0.25, -0.2) is 4.98 Å². The maximum Gasteiger partial charge on any atom is 0.121 e. The number of hydrogen-bond acceptors (Lipinski definition) is 4. The van der Waals surface area contributed by atoms with Crippen molar-refractivity contribution < 1.29 is 0 Å². The third kappa shape index (κ3) is 4.24. The molecule has 3 aromatic rings. The lowest BCUT2D eigenvalue weighted by molar-refractivity contribution is 0.108. The van der Waals surface area contributed by atoms with Gasteiger partial charge in [-0.2, -0.15) is 0 Å². The van der Waals surface area contributed by atoms with Crippen molar-refractivity contribution in [2.75, 3.05) is 6.54 Å². The maximum absolute atomic E-state index is 6.70. The van der Waals surface area contributed by atoms with E-state index in [9.17, 15) is 0 Å². The first-order valence-corrected chi connectivity index (χ1v) is 11.2. The Morgan fingerprint density at radius 1 is 1.06 bits per heavy atom. The number of aryl methyl sites for hydroxylation is 1. The minimum atomic E-state index is -1.67. The summed E-state index contributed by atoms with van der Waals surface area (Å²) >= 11 is 0. The zero-order chi connectivity index (χ0) is 24.8. The van der Waals surface area contributed by atoms with Gasteiger partial charge in [0.05, 0.1) is 60.7 Å². The van der Waals surface area contributed by atoms with Crippen LogP contribution < -0.4 is 27.6 Å². The van der Waals surface area contributed by atoms with Crippen molar-refractivity contribution in [2.45, 2.75) is 48.8 Å². The Bertz CT molecular complexity index is 1170. The minimum absolute atomic E-state index is 0.155. The smallest absolute Gasteiger partial charge is 0.121 e. The van der Waals surface area contributed by atoms with Gasteiger partial charge in [-0.05, 0) is 37.4 Å². The van der Waals surface area contributed by atoms with Gasteiger partial charge in [0, 0.05) is 6.20 Å². The van der Waals surface area contributed by atoms with Gasteiger partial charge in [0.15, 0.2) is 0 Å². The number of nitrogens with two attached hydrogens (primary N) is 1. The molecule has 0 unspecified atom stereocenters. The number of imidazole rings is 1. The van der Waals surface area contributed by atoms with Crippen LogP contribution in [-0.2, 0) is 13.0 Å². The summed E-state index contributed by atoms with van der Waals surface area (Å²) < 4.78 is 0. The van der Waals surface area contributed by atoms with Crippen molar-refractivity contribution in [3.05, 3.63) is 35.4 Å². The molecule has 5 nitrogen and oxygen atoms in total. The van der Waals surface area contributed by atoms with Gasteiger partial charge in [-0.15, -0.1) is 10.9 Å². The number of pyridine rings is 1. The Morgan fingerprint density at radius 3 is 2.47 bits per heavy atom. The molecule has 13 heteroatoms. The fourth-order valence-corrected chi connectivity index (χ4v) is 4.69. The van der Waals surface area contributed by atoms with E-state index in [4.69, 9.17) is 68.5 Å². The fourth-order valence-electron chi connectivity index (χ4n) is 4.69. The molecule has 0 spiro atoms. The molecule has 2 aromatic heterocycles. The predicted octanol–water partition coefficient (Wildman–Crippen LogP) is -3.19. The van der Waals surface area contributed by atoms with Crippen LogP contribution in [0.5, 0.6) is 0 Å². The Balaban J connectivity index is 1.83. The Morgan fingerprint density at radius 2 is 1.76 bits per heavy atom. The summed E-state index contributed by atoms with van der Waals surface area (Å²) in [5.74, 6) is 0.491. The molecule has 1 atom stereocenters. The van der Waals surface area contributed by atoms with Crippen molar-refractivity contribution in [2.24, 2.45) is 5.73 Å². The maximum atomic E-state index is 6.70. The van der Waals surface area contributed by atoms with E-state index in [-0.39, 0.29) is 47.4 Å². The van der Waals surface area contributed by atoms with Crippen molar-refractivity contribution in [1.82, 2.24) is 19.9 Å². The summed E-state index contributed by atoms with van der Waals surface area (Å²) in [6.07, 6.45) is 4.53. The molecule has 16 radical (unpaired) electrons. The largest absolute Gasteiger partial charge is 0.341 e. The summed E-state index contributed by atoms with van der Waals surface area (Å²) in [4.78, 5) is 14.3. The van der Waals surface area contributed by atoms with Crippen LogP contribution in [0.15, 0.2) is 18.3 Å². The van der Waals surface area contributed by atoms with Crippen LogP contribution in [0.25, 0.3) is 11.0 Å². The van der Waals surface area contributed by atoms with E-state index in [0.29, 0.717) is 16.9 Å². The second-order valence-electron chi connectivity index (χ2n) is 9.05. The number of hydrogen-bond donors (Lipinski definition) is 2. The predicted molar refractivity (Wildman–Crippen MR) is 145 cm³/mol. The third-order valence-electron chi connectivity index (χ3n) is 6.79. The molecule has 4 rings (SSSR count). The molecule has 3 N–H and O–H groups in total. The molecule has 34 heavy (non-hydrogen) atoms. The summed E-state index contributed by atoms with van der Waals surface area (Å²) in [5.41, 5.74) is 9.53. The van der Waals surface area contributed by atoms with E-state index in [2.05, 4.69) is 15.0 Å². The lowest BCUT2D eigenvalue weighted by atomic mass is 9.32. The molecular formula is C21H19B8N5. The molecule has 1 aliphatic rings. The number of nitrogens with one attached hydrogen (secondary N) is 1. The van der Waals surface area contributed by atoms with Crippen molar-refractivity contribution in [1.29, 1.82) is 0 Å². The SMILES string of the molecule is [B]c1c([B])c([B])c2[nH]c(CN([C@H]3CCCc4cccnc43)C([B])([B])C([B])([B])CCN)nc2c1[B]. The molecule has 1 aromatic carbocycles. The van der Waals surface area contributed by atoms with Crippen LogP contribution in [-0.4, -0.2) is 94.5 Å². The first-order chi connectivity index (χ1) is 16.0. The van der Waals surface area contributed by atoms with Crippen LogP contribution in [0, 0.1) is 0 Å². The molecule has 2 heterocycles. The summed E-state index contributed by atoms with van der Waals surface area (Å²) in [7, 11) is 50.6. The Hall–Kier alpha value is -1.72. The average Bonchev–Trinajstić information content (AvgIpc) is 3.23. The van der Waals surface area contributed by atoms with Gasteiger partial charge in [-0.3, -0.25) is 9.88 Å². The summed E-state index contributed by atoms with van der Waals surface area (Å²) in [5, 5.41) is -3.18. The zero-order valence-corrected chi connectivity index (χ0v) is 19.1. The highest BCUT2D eigenvalue weighted by molar-refractivity contribution is 6.66. The Kier molecular flexibility index (Phi) is 7.00. The number of nitrogens with zero attached hydrogens (tertiary/aromatic N) is 3. The molecule has 0 fully saturated rings. The monoisotopic (exact) mass is 429 g/mol. The summed E-state index contributed by atoms with van der Waals surface area (Å²) in [6.45, 7) is 0.370. The van der Waals surface area contributed by atoms with Crippen LogP contribution in [0.3, 0.4) is 0 Å². The quantitative estimate of drug-likeness (QED) is 0.390. The molecule has 0 amide bonds. The lowest BCUT2D eigenvalue weighted by Crippen LogP contribution is -2.60. The van der Waals surface area contributed by atoms with Gasteiger partial charge < -0.3 is 10.7 Å². The van der Waals surface area contributed by atoms with Crippen LogP contribution in [0.1, 0.15) is 42.4 Å². The van der Waals surface area contributed by atoms with Crippen molar-refractivity contribution in [3.8, 4) is 0 Å². The summed E-state index contributed by atoms with van der Waals surface area (Å²) in [6, 6.07) is 3.70. The van der Waals surface area contributed by atoms with E-state index in [1.165, 1.54) is 0 Å². The highest BCUT2D eigenvalue weighted by Crippen LogP contribution is 2.44. The molecule has 152 valence electrons. The van der Waals surface area contributed by atoms with Crippen molar-refractivity contribution >= 4 is 95.7 Å². The van der Waals surface area contributed by atoms with Gasteiger partial charge in [0.2, 0.25) is 0 Å². The third-order valence-corrected chi connectivity index (χ3v) is 6.79. The highest BCUT2D eigenvalue weighted by Gasteiger charge is 2.43. The first-order valence-electron chi connectivity index (χ1n) is 11.2. The second kappa shape index (κ2) is 9.38. The van der Waals surface area contributed by atoms with E-state index < -0.39 is 10.6 Å². The van der Waals surface area contributed by atoms with Crippen molar-refractivity contribution in [3.63, 3.8) is 0 Å². The molecule has 0 saturated carbocycles. The van der Waals surface area contributed by atoms with Gasteiger partial charge in [0.1, 0.15) is 37.2 Å². The second-order valence-corrected chi connectivity index (χ2v) is 9.05. The Labute approximate surface area is 211 Å². The number of aromatic nitrogens is 3. The fraction of sp³-hybridized carbons (Fsp3) is 0.429.